The minimum atomic E-state index is 0. The van der Waals surface area contributed by atoms with Gasteiger partial charge in [0.15, 0.2) is 0 Å². The molecule has 0 aromatic heterocycles. The number of nitrogens with zero attached hydrogens (tertiary/aromatic N) is 1. The number of hydrogen-bond acceptors (Lipinski definition) is 0. The number of hydrogen-bond donors (Lipinski definition) is 0. The number of rotatable bonds is 11. The van der Waals surface area contributed by atoms with Crippen LogP contribution in [0.15, 0.2) is 0 Å². The lowest BCUT2D eigenvalue weighted by Crippen LogP contribution is -3.00. The van der Waals surface area contributed by atoms with Gasteiger partial charge in [-0.25, -0.2) is 0 Å². The molecule has 0 aliphatic carbocycles. The van der Waals surface area contributed by atoms with Gasteiger partial charge < -0.3 is 16.9 Å². The maximum Gasteiger partial charge on any atom is 0.0782 e. The van der Waals surface area contributed by atoms with Crippen LogP contribution in [0.4, 0.5) is 0 Å². The van der Waals surface area contributed by atoms with E-state index in [9.17, 15) is 0 Å². The normalized spacial score (nSPS) is 11.3. The van der Waals surface area contributed by atoms with Crippen molar-refractivity contribution >= 4 is 0 Å². The van der Waals surface area contributed by atoms with E-state index in [1.807, 2.05) is 0 Å². The van der Waals surface area contributed by atoms with Gasteiger partial charge in [-0.15, -0.1) is 0 Å². The van der Waals surface area contributed by atoms with Gasteiger partial charge in [0, 0.05) is 0 Å². The van der Waals surface area contributed by atoms with Crippen molar-refractivity contribution in [1.82, 2.24) is 0 Å². The van der Waals surface area contributed by atoms with E-state index in [-0.39, 0.29) is 12.4 Å². The van der Waals surface area contributed by atoms with E-state index in [0.717, 1.165) is 0 Å². The first-order valence-electron chi connectivity index (χ1n) is 7.44. The van der Waals surface area contributed by atoms with Crippen molar-refractivity contribution in [3.63, 3.8) is 0 Å². The molecule has 0 unspecified atom stereocenters. The molecule has 0 aliphatic heterocycles. The van der Waals surface area contributed by atoms with Gasteiger partial charge in [-0.1, -0.05) is 46.0 Å². The highest BCUT2D eigenvalue weighted by atomic mass is 35.5. The average Bonchev–Trinajstić information content (AvgIpc) is 2.23. The molecule has 0 bridgehead atoms. The van der Waals surface area contributed by atoms with Crippen molar-refractivity contribution in [3.8, 4) is 0 Å². The summed E-state index contributed by atoms with van der Waals surface area (Å²) >= 11 is 0. The first-order chi connectivity index (χ1) is 7.62. The van der Waals surface area contributed by atoms with Gasteiger partial charge in [-0.2, -0.15) is 0 Å². The van der Waals surface area contributed by atoms with Crippen LogP contribution in [0.5, 0.6) is 0 Å². The van der Waals surface area contributed by atoms with Gasteiger partial charge in [0.1, 0.15) is 0 Å². The fourth-order valence-corrected chi connectivity index (χ4v) is 2.22. The Balaban J connectivity index is 0. The summed E-state index contributed by atoms with van der Waals surface area (Å²) in [6.45, 7) is 7.31. The van der Waals surface area contributed by atoms with Crippen LogP contribution in [0, 0.1) is 0 Å². The summed E-state index contributed by atoms with van der Waals surface area (Å²) in [6, 6.07) is 0. The predicted octanol–water partition coefficient (Wildman–Crippen LogP) is 1.62. The molecule has 106 valence electrons. The van der Waals surface area contributed by atoms with E-state index in [0.29, 0.717) is 0 Å². The Morgan fingerprint density at radius 1 is 0.588 bits per heavy atom. The maximum atomic E-state index is 2.39. The van der Waals surface area contributed by atoms with Crippen molar-refractivity contribution in [3.05, 3.63) is 0 Å². The highest BCUT2D eigenvalue weighted by Crippen LogP contribution is 2.09. The third kappa shape index (κ3) is 14.2. The molecule has 17 heavy (non-hydrogen) atoms. The van der Waals surface area contributed by atoms with Crippen LogP contribution in [0.2, 0.25) is 0 Å². The monoisotopic (exact) mass is 263 g/mol. The van der Waals surface area contributed by atoms with Gasteiger partial charge in [0.2, 0.25) is 0 Å². The second-order valence-electron chi connectivity index (χ2n) is 5.86. The minimum absolute atomic E-state index is 0. The molecule has 0 saturated heterocycles. The van der Waals surface area contributed by atoms with Gasteiger partial charge in [0.25, 0.3) is 0 Å². The Hall–Kier alpha value is 0.250. The number of halogens is 1. The molecule has 0 amide bonds. The van der Waals surface area contributed by atoms with E-state index in [1.54, 1.807) is 0 Å². The van der Waals surface area contributed by atoms with Gasteiger partial charge in [-0.05, 0) is 25.7 Å². The number of unbranched alkanes of at least 4 members (excludes halogenated alkanes) is 7. The molecular formula is C15H34ClN. The van der Waals surface area contributed by atoms with Crippen LogP contribution in [0.1, 0.15) is 71.6 Å². The minimum Gasteiger partial charge on any atom is -1.00 e. The Kier molecular flexibility index (Phi) is 14.6. The highest BCUT2D eigenvalue weighted by Gasteiger charge is 2.12. The van der Waals surface area contributed by atoms with Crippen molar-refractivity contribution in [2.24, 2.45) is 0 Å². The van der Waals surface area contributed by atoms with Crippen molar-refractivity contribution < 1.29 is 16.9 Å². The third-order valence-corrected chi connectivity index (χ3v) is 3.48. The molecular weight excluding hydrogens is 230 g/mol. The quantitative estimate of drug-likeness (QED) is 0.393. The molecule has 0 saturated carbocycles. The molecule has 0 aliphatic rings. The molecule has 0 atom stereocenters. The second-order valence-corrected chi connectivity index (χ2v) is 5.86. The molecule has 0 aromatic carbocycles. The molecule has 0 N–H and O–H groups in total. The van der Waals surface area contributed by atoms with Gasteiger partial charge in [-0.3, -0.25) is 0 Å². The maximum absolute atomic E-state index is 2.39. The van der Waals surface area contributed by atoms with E-state index in [4.69, 9.17) is 0 Å². The molecule has 1 nitrogen and oxygen atoms in total. The summed E-state index contributed by atoms with van der Waals surface area (Å²) in [5.74, 6) is 0. The topological polar surface area (TPSA) is 0 Å². The van der Waals surface area contributed by atoms with Crippen molar-refractivity contribution in [1.29, 1.82) is 0 Å². The lowest BCUT2D eigenvalue weighted by molar-refractivity contribution is -0.890. The largest absolute Gasteiger partial charge is 1.00 e. The number of quaternary nitrogens is 1. The molecule has 0 heterocycles. The van der Waals surface area contributed by atoms with Crippen LogP contribution < -0.4 is 12.4 Å². The summed E-state index contributed by atoms with van der Waals surface area (Å²) in [5, 5.41) is 0. The summed E-state index contributed by atoms with van der Waals surface area (Å²) in [4.78, 5) is 0. The molecule has 0 rings (SSSR count). The summed E-state index contributed by atoms with van der Waals surface area (Å²) in [7, 11) is 4.78. The van der Waals surface area contributed by atoms with Crippen LogP contribution in [-0.2, 0) is 0 Å². The Morgan fingerprint density at radius 3 is 1.47 bits per heavy atom. The fourth-order valence-electron chi connectivity index (χ4n) is 2.22. The van der Waals surface area contributed by atoms with Crippen LogP contribution in [0.25, 0.3) is 0 Å². The second kappa shape index (κ2) is 12.7. The van der Waals surface area contributed by atoms with Crippen LogP contribution in [-0.4, -0.2) is 31.7 Å². The smallest absolute Gasteiger partial charge is 0.0782 e. The van der Waals surface area contributed by atoms with Crippen LogP contribution in [0.3, 0.4) is 0 Å². The van der Waals surface area contributed by atoms with Crippen molar-refractivity contribution in [2.75, 3.05) is 27.2 Å². The zero-order valence-corrected chi connectivity index (χ0v) is 13.4. The lowest BCUT2D eigenvalue weighted by atomic mass is 10.1. The van der Waals surface area contributed by atoms with E-state index in [2.05, 4.69) is 27.9 Å². The Morgan fingerprint density at radius 2 is 0.941 bits per heavy atom. The van der Waals surface area contributed by atoms with Crippen LogP contribution >= 0.6 is 0 Å². The highest BCUT2D eigenvalue weighted by molar-refractivity contribution is 4.45. The molecule has 2 heteroatoms. The fraction of sp³-hybridized carbons (Fsp3) is 1.00. The molecule has 0 spiro atoms. The lowest BCUT2D eigenvalue weighted by Gasteiger charge is -2.29. The Labute approximate surface area is 116 Å². The zero-order chi connectivity index (χ0) is 12.3. The predicted molar refractivity (Wildman–Crippen MR) is 74.7 cm³/mol. The zero-order valence-electron chi connectivity index (χ0n) is 12.6. The Bertz CT molecular complexity index is 146. The van der Waals surface area contributed by atoms with Crippen molar-refractivity contribution in [2.45, 2.75) is 71.6 Å². The first-order valence-corrected chi connectivity index (χ1v) is 7.44. The third-order valence-electron chi connectivity index (χ3n) is 3.48. The van der Waals surface area contributed by atoms with E-state index < -0.39 is 0 Å². The van der Waals surface area contributed by atoms with Gasteiger partial charge in [0.05, 0.1) is 27.2 Å². The van der Waals surface area contributed by atoms with E-state index >= 15 is 0 Å². The average molecular weight is 264 g/mol. The standard InChI is InChI=1S/C15H34N.ClH/c1-5-7-9-10-11-13-15-16(3,4)14-12-8-6-2;/h5-15H2,1-4H3;1H/q+1;/p-1. The SMILES string of the molecule is CCCCCCCC[N+](C)(C)CCCCC.[Cl-]. The first kappa shape index (κ1) is 19.6. The van der Waals surface area contributed by atoms with Gasteiger partial charge >= 0.3 is 0 Å². The summed E-state index contributed by atoms with van der Waals surface area (Å²) < 4.78 is 1.23. The molecule has 0 aromatic rings. The molecule has 0 radical (unpaired) electrons. The molecule has 0 fully saturated rings. The summed E-state index contributed by atoms with van der Waals surface area (Å²) in [6.07, 6.45) is 12.7. The van der Waals surface area contributed by atoms with E-state index in [1.165, 1.54) is 75.4 Å². The summed E-state index contributed by atoms with van der Waals surface area (Å²) in [5.41, 5.74) is 0.